The van der Waals surface area contributed by atoms with Crippen LogP contribution in [0.5, 0.6) is 0 Å². The number of thiazole rings is 1. The number of amides is 1. The van der Waals surface area contributed by atoms with Crippen LogP contribution in [0.25, 0.3) is 0 Å². The minimum Gasteiger partial charge on any atom is -0.319 e. The first kappa shape index (κ1) is 15.5. The van der Waals surface area contributed by atoms with Gasteiger partial charge in [0.2, 0.25) is 0 Å². The van der Waals surface area contributed by atoms with Crippen molar-refractivity contribution in [2.45, 2.75) is 13.5 Å². The van der Waals surface area contributed by atoms with Gasteiger partial charge in [-0.2, -0.15) is 4.99 Å². The second kappa shape index (κ2) is 6.80. The van der Waals surface area contributed by atoms with E-state index in [1.807, 2.05) is 29.1 Å². The Morgan fingerprint density at radius 2 is 2.13 bits per heavy atom. The largest absolute Gasteiger partial charge is 0.319 e. The van der Waals surface area contributed by atoms with Crippen molar-refractivity contribution in [3.05, 3.63) is 69.2 Å². The maximum atomic E-state index is 12.2. The fraction of sp³-hybridized carbons (Fsp3) is 0.133. The number of carbonyl (C=O) groups is 1. The smallest absolute Gasteiger partial charge is 0.299 e. The maximum Gasteiger partial charge on any atom is 0.299 e. The van der Waals surface area contributed by atoms with Gasteiger partial charge in [-0.05, 0) is 18.6 Å². The van der Waals surface area contributed by atoms with E-state index in [1.165, 1.54) is 17.5 Å². The molecule has 3 aromatic rings. The molecule has 1 amide bonds. The predicted octanol–water partition coefficient (Wildman–Crippen LogP) is 2.49. The molecule has 0 fully saturated rings. The predicted molar refractivity (Wildman–Crippen MR) is 87.3 cm³/mol. The first-order chi connectivity index (χ1) is 11.1. The molecule has 0 aliphatic rings. The van der Waals surface area contributed by atoms with E-state index in [0.29, 0.717) is 16.5 Å². The summed E-state index contributed by atoms with van der Waals surface area (Å²) in [6, 6.07) is 3.62. The van der Waals surface area contributed by atoms with Crippen molar-refractivity contribution >= 4 is 28.8 Å². The average molecular weight is 346 g/mol. The first-order valence-electron chi connectivity index (χ1n) is 6.74. The lowest BCUT2D eigenvalue weighted by molar-refractivity contribution is 0.0992. The summed E-state index contributed by atoms with van der Waals surface area (Å²) in [4.78, 5) is 29.0. The van der Waals surface area contributed by atoms with E-state index in [2.05, 4.69) is 19.9 Å². The molecule has 3 aromatic heterocycles. The van der Waals surface area contributed by atoms with Crippen molar-refractivity contribution in [3.8, 4) is 0 Å². The highest BCUT2D eigenvalue weighted by molar-refractivity contribution is 7.07. The lowest BCUT2D eigenvalue weighted by atomic mass is 10.3. The van der Waals surface area contributed by atoms with E-state index < -0.39 is 5.91 Å². The normalized spacial score (nSPS) is 11.7. The minimum atomic E-state index is -0.414. The summed E-state index contributed by atoms with van der Waals surface area (Å²) in [5.41, 5.74) is 1.95. The summed E-state index contributed by atoms with van der Waals surface area (Å²) in [5, 5.41) is 2.32. The van der Waals surface area contributed by atoms with Crippen LogP contribution >= 0.6 is 22.9 Å². The zero-order chi connectivity index (χ0) is 16.2. The van der Waals surface area contributed by atoms with Crippen molar-refractivity contribution in [1.29, 1.82) is 0 Å². The number of carbonyl (C=O) groups excluding carboxylic acids is 1. The zero-order valence-electron chi connectivity index (χ0n) is 12.2. The number of pyridine rings is 1. The molecular weight excluding hydrogens is 334 g/mol. The van der Waals surface area contributed by atoms with Gasteiger partial charge in [0.1, 0.15) is 10.8 Å². The topological polar surface area (TPSA) is 73.0 Å². The average Bonchev–Trinajstić information content (AvgIpc) is 2.97. The van der Waals surface area contributed by atoms with Gasteiger partial charge in [0.25, 0.3) is 5.91 Å². The summed E-state index contributed by atoms with van der Waals surface area (Å²) < 4.78 is 1.87. The standard InChI is InChI=1S/C15H12ClN5OS/c1-10-6-18-12(8-17-10)14(22)20-15-21(4-5-23-15)9-11-2-3-13(16)19-7-11/h2-8H,9H2,1H3. The third-order valence-corrected chi connectivity index (χ3v) is 4.02. The van der Waals surface area contributed by atoms with Crippen molar-refractivity contribution in [3.63, 3.8) is 0 Å². The van der Waals surface area contributed by atoms with Crippen LogP contribution in [0.15, 0.2) is 47.3 Å². The zero-order valence-corrected chi connectivity index (χ0v) is 13.8. The second-order valence-corrected chi connectivity index (χ2v) is 6.02. The first-order valence-corrected chi connectivity index (χ1v) is 7.99. The van der Waals surface area contributed by atoms with Crippen molar-refractivity contribution in [1.82, 2.24) is 19.5 Å². The number of hydrogen-bond donors (Lipinski definition) is 0. The third-order valence-electron chi connectivity index (χ3n) is 3.00. The number of halogens is 1. The van der Waals surface area contributed by atoms with Crippen LogP contribution in [-0.4, -0.2) is 25.4 Å². The summed E-state index contributed by atoms with van der Waals surface area (Å²) in [6.45, 7) is 2.37. The molecule has 0 spiro atoms. The Hall–Kier alpha value is -2.38. The lowest BCUT2D eigenvalue weighted by Crippen LogP contribution is -2.17. The van der Waals surface area contributed by atoms with E-state index in [0.717, 1.165) is 11.3 Å². The summed E-state index contributed by atoms with van der Waals surface area (Å²) in [6.07, 6.45) is 6.54. The van der Waals surface area contributed by atoms with Crippen LogP contribution in [0, 0.1) is 6.92 Å². The molecule has 0 N–H and O–H groups in total. The molecule has 6 nitrogen and oxygen atoms in total. The van der Waals surface area contributed by atoms with Crippen molar-refractivity contribution < 1.29 is 4.79 Å². The SMILES string of the molecule is Cc1cnc(C(=O)N=c2sccn2Cc2ccc(Cl)nc2)cn1. The van der Waals surface area contributed by atoms with Crippen molar-refractivity contribution in [2.24, 2.45) is 4.99 Å². The molecule has 116 valence electrons. The molecule has 0 unspecified atom stereocenters. The van der Waals surface area contributed by atoms with E-state index in [4.69, 9.17) is 11.6 Å². The highest BCUT2D eigenvalue weighted by Crippen LogP contribution is 2.07. The molecule has 3 heterocycles. The molecule has 23 heavy (non-hydrogen) atoms. The fourth-order valence-corrected chi connectivity index (χ4v) is 2.69. The summed E-state index contributed by atoms with van der Waals surface area (Å²) in [7, 11) is 0. The number of aromatic nitrogens is 4. The number of nitrogens with zero attached hydrogens (tertiary/aromatic N) is 5. The molecule has 8 heteroatoms. The van der Waals surface area contributed by atoms with Crippen LogP contribution < -0.4 is 4.80 Å². The quantitative estimate of drug-likeness (QED) is 0.683. The van der Waals surface area contributed by atoms with Crippen LogP contribution in [0.2, 0.25) is 5.15 Å². The number of aryl methyl sites for hydroxylation is 1. The maximum absolute atomic E-state index is 12.2. The molecule has 0 saturated carbocycles. The van der Waals surface area contributed by atoms with Crippen LogP contribution in [0.3, 0.4) is 0 Å². The van der Waals surface area contributed by atoms with Crippen LogP contribution in [0.4, 0.5) is 0 Å². The van der Waals surface area contributed by atoms with Gasteiger partial charge in [0.05, 0.1) is 18.4 Å². The second-order valence-electron chi connectivity index (χ2n) is 4.76. The van der Waals surface area contributed by atoms with Gasteiger partial charge in [-0.15, -0.1) is 11.3 Å². The Balaban J connectivity index is 1.86. The lowest BCUT2D eigenvalue weighted by Gasteiger charge is -2.02. The van der Waals surface area contributed by atoms with Gasteiger partial charge in [0, 0.05) is 24.0 Å². The van der Waals surface area contributed by atoms with Gasteiger partial charge in [-0.1, -0.05) is 17.7 Å². The molecule has 0 atom stereocenters. The van der Waals surface area contributed by atoms with Gasteiger partial charge in [0.15, 0.2) is 4.80 Å². The third kappa shape index (κ3) is 3.88. The molecule has 3 rings (SSSR count). The highest BCUT2D eigenvalue weighted by atomic mass is 35.5. The Morgan fingerprint density at radius 3 is 2.83 bits per heavy atom. The van der Waals surface area contributed by atoms with Crippen molar-refractivity contribution in [2.75, 3.05) is 0 Å². The molecule has 0 bridgehead atoms. The molecule has 0 aromatic carbocycles. The number of rotatable bonds is 3. The Labute approximate surface area is 141 Å². The Morgan fingerprint density at radius 1 is 1.26 bits per heavy atom. The number of hydrogen-bond acceptors (Lipinski definition) is 5. The van der Waals surface area contributed by atoms with Gasteiger partial charge in [-0.25, -0.2) is 9.97 Å². The summed E-state index contributed by atoms with van der Waals surface area (Å²) in [5.74, 6) is -0.414. The van der Waals surface area contributed by atoms with E-state index in [-0.39, 0.29) is 5.69 Å². The minimum absolute atomic E-state index is 0.226. The molecule has 0 aliphatic carbocycles. The van der Waals surface area contributed by atoms with Gasteiger partial charge >= 0.3 is 0 Å². The monoisotopic (exact) mass is 345 g/mol. The molecule has 0 radical (unpaired) electrons. The van der Waals surface area contributed by atoms with Crippen LogP contribution in [-0.2, 0) is 6.54 Å². The summed E-state index contributed by atoms with van der Waals surface area (Å²) >= 11 is 7.16. The Kier molecular flexibility index (Phi) is 4.59. The van der Waals surface area contributed by atoms with Gasteiger partial charge < -0.3 is 4.57 Å². The van der Waals surface area contributed by atoms with Gasteiger partial charge in [-0.3, -0.25) is 9.78 Å². The molecular formula is C15H12ClN5OS. The Bertz CT molecular complexity index is 883. The molecule has 0 aliphatic heterocycles. The van der Waals surface area contributed by atoms with E-state index in [1.54, 1.807) is 18.5 Å². The van der Waals surface area contributed by atoms with E-state index in [9.17, 15) is 4.79 Å². The fourth-order valence-electron chi connectivity index (χ4n) is 1.85. The highest BCUT2D eigenvalue weighted by Gasteiger charge is 2.07. The van der Waals surface area contributed by atoms with E-state index >= 15 is 0 Å². The molecule has 0 saturated heterocycles. The van der Waals surface area contributed by atoms with Crippen LogP contribution in [0.1, 0.15) is 21.7 Å².